The molecule has 3 heterocycles. The first-order chi connectivity index (χ1) is 44.3. The number of aliphatic hydroxyl groups is 11. The van der Waals surface area contributed by atoms with E-state index in [4.69, 9.17) is 28.4 Å². The van der Waals surface area contributed by atoms with Crippen molar-refractivity contribution in [1.29, 1.82) is 0 Å². The predicted molar refractivity (Wildman–Crippen MR) is 356 cm³/mol. The quantitative estimate of drug-likeness (QED) is 0.0199. The summed E-state index contributed by atoms with van der Waals surface area (Å²) in [4.78, 5) is 13.4. The molecular formula is C72H131NO18. The number of rotatable bonds is 56. The molecule has 3 saturated heterocycles. The molecular weight excluding hydrogens is 1170 g/mol. The monoisotopic (exact) mass is 1300 g/mol. The third kappa shape index (κ3) is 35.5. The van der Waals surface area contributed by atoms with E-state index in [0.29, 0.717) is 12.8 Å². The Labute approximate surface area is 548 Å². The number of nitrogens with one attached hydrogen (secondary N) is 1. The van der Waals surface area contributed by atoms with Crippen molar-refractivity contribution in [3.8, 4) is 0 Å². The van der Waals surface area contributed by atoms with E-state index >= 15 is 0 Å². The summed E-state index contributed by atoms with van der Waals surface area (Å²) in [6, 6.07) is -0.999. The maximum absolute atomic E-state index is 13.4. The van der Waals surface area contributed by atoms with Gasteiger partial charge < -0.3 is 89.9 Å². The van der Waals surface area contributed by atoms with Crippen LogP contribution in [0.1, 0.15) is 271 Å². The smallest absolute Gasteiger partial charge is 0.220 e. The second-order valence-electron chi connectivity index (χ2n) is 26.0. The molecule has 532 valence electrons. The number of aliphatic hydroxyl groups excluding tert-OH is 11. The number of amides is 1. The SMILES string of the molecule is CCCCC/C=C\C/C=C\CCCCCCCC(=O)NC(COC1OC(CO)C(OC2OC(CO)C(OC3OC(CO)C(O)C(O)C3O)C(O)C2O)C(O)C1O)C(O)/C=C/CC/C=C/CCCCCCCCCCCCCCCCCCCCCCCCCCC. The summed E-state index contributed by atoms with van der Waals surface area (Å²) in [7, 11) is 0. The van der Waals surface area contributed by atoms with Crippen LogP contribution in [0.5, 0.6) is 0 Å². The molecule has 17 unspecified atom stereocenters. The summed E-state index contributed by atoms with van der Waals surface area (Å²) in [5.41, 5.74) is 0. The first kappa shape index (κ1) is 83.0. The zero-order valence-electron chi connectivity index (χ0n) is 56.3. The van der Waals surface area contributed by atoms with Gasteiger partial charge in [0.25, 0.3) is 0 Å². The molecule has 3 rings (SSSR count). The molecule has 1 amide bonds. The molecule has 17 atom stereocenters. The van der Waals surface area contributed by atoms with E-state index in [0.717, 1.165) is 64.2 Å². The number of carbonyl (C=O) groups excluding carboxylic acids is 1. The Morgan fingerprint density at radius 1 is 0.396 bits per heavy atom. The van der Waals surface area contributed by atoms with Gasteiger partial charge in [-0.05, 0) is 64.2 Å². The molecule has 0 saturated carbocycles. The van der Waals surface area contributed by atoms with Crippen LogP contribution in [-0.4, -0.2) is 193 Å². The fraction of sp³-hybridized carbons (Fsp3) is 0.875. The largest absolute Gasteiger partial charge is 0.394 e. The van der Waals surface area contributed by atoms with Crippen LogP contribution in [0.4, 0.5) is 0 Å². The van der Waals surface area contributed by atoms with E-state index in [1.54, 1.807) is 6.08 Å². The van der Waals surface area contributed by atoms with Gasteiger partial charge in [0.15, 0.2) is 18.9 Å². The van der Waals surface area contributed by atoms with Crippen LogP contribution in [0.3, 0.4) is 0 Å². The molecule has 3 fully saturated rings. The van der Waals surface area contributed by atoms with Gasteiger partial charge in [-0.2, -0.15) is 0 Å². The Balaban J connectivity index is 1.40. The molecule has 12 N–H and O–H groups in total. The molecule has 0 aromatic carbocycles. The van der Waals surface area contributed by atoms with Gasteiger partial charge in [0.2, 0.25) is 5.91 Å². The average Bonchev–Trinajstić information content (AvgIpc) is 0.883. The highest BCUT2D eigenvalue weighted by molar-refractivity contribution is 5.76. The van der Waals surface area contributed by atoms with Crippen LogP contribution in [-0.2, 0) is 33.2 Å². The van der Waals surface area contributed by atoms with Crippen LogP contribution in [0.25, 0.3) is 0 Å². The lowest BCUT2D eigenvalue weighted by Crippen LogP contribution is -2.66. The lowest BCUT2D eigenvalue weighted by Gasteiger charge is -2.48. The highest BCUT2D eigenvalue weighted by atomic mass is 16.8. The van der Waals surface area contributed by atoms with Gasteiger partial charge in [0, 0.05) is 6.42 Å². The van der Waals surface area contributed by atoms with Gasteiger partial charge in [0.1, 0.15) is 73.2 Å². The fourth-order valence-corrected chi connectivity index (χ4v) is 12.2. The Hall–Kier alpha value is -2.25. The van der Waals surface area contributed by atoms with Crippen molar-refractivity contribution in [2.24, 2.45) is 0 Å². The Kier molecular flexibility index (Phi) is 49.1. The Morgan fingerprint density at radius 3 is 1.19 bits per heavy atom. The number of carbonyl (C=O) groups is 1. The lowest BCUT2D eigenvalue weighted by atomic mass is 9.96. The van der Waals surface area contributed by atoms with E-state index in [1.165, 1.54) is 173 Å². The third-order valence-electron chi connectivity index (χ3n) is 18.1. The zero-order valence-corrected chi connectivity index (χ0v) is 56.3. The van der Waals surface area contributed by atoms with E-state index in [9.17, 15) is 61.0 Å². The molecule has 3 aliphatic heterocycles. The van der Waals surface area contributed by atoms with Crippen LogP contribution in [0.15, 0.2) is 48.6 Å². The number of unbranched alkanes of at least 4 members (excludes halogenated alkanes) is 34. The normalized spacial score (nSPS) is 28.1. The maximum atomic E-state index is 13.4. The van der Waals surface area contributed by atoms with Crippen LogP contribution in [0.2, 0.25) is 0 Å². The molecule has 19 heteroatoms. The van der Waals surface area contributed by atoms with Crippen LogP contribution >= 0.6 is 0 Å². The molecule has 0 spiro atoms. The van der Waals surface area contributed by atoms with Crippen molar-refractivity contribution < 1.29 is 89.4 Å². The summed E-state index contributed by atoms with van der Waals surface area (Å²) >= 11 is 0. The average molecular weight is 1300 g/mol. The molecule has 0 bridgehead atoms. The molecule has 0 radical (unpaired) electrons. The van der Waals surface area contributed by atoms with Gasteiger partial charge in [-0.15, -0.1) is 0 Å². The van der Waals surface area contributed by atoms with Gasteiger partial charge in [-0.25, -0.2) is 0 Å². The Morgan fingerprint density at radius 2 is 0.736 bits per heavy atom. The van der Waals surface area contributed by atoms with Crippen molar-refractivity contribution in [3.63, 3.8) is 0 Å². The molecule has 0 aromatic heterocycles. The Bertz CT molecular complexity index is 1840. The van der Waals surface area contributed by atoms with Crippen molar-refractivity contribution >= 4 is 5.91 Å². The number of hydrogen-bond acceptors (Lipinski definition) is 18. The minimum atomic E-state index is -1.98. The van der Waals surface area contributed by atoms with E-state index in [1.807, 2.05) is 6.08 Å². The summed E-state index contributed by atoms with van der Waals surface area (Å²) in [5, 5.41) is 120. The summed E-state index contributed by atoms with van der Waals surface area (Å²) < 4.78 is 34.3. The first-order valence-electron chi connectivity index (χ1n) is 36.4. The molecule has 0 aliphatic carbocycles. The van der Waals surface area contributed by atoms with E-state index in [2.05, 4.69) is 55.6 Å². The minimum absolute atomic E-state index is 0.219. The topological polar surface area (TPSA) is 307 Å². The second kappa shape index (κ2) is 53.8. The highest BCUT2D eigenvalue weighted by Crippen LogP contribution is 2.33. The van der Waals surface area contributed by atoms with Crippen molar-refractivity contribution in [3.05, 3.63) is 48.6 Å². The standard InChI is InChI=1S/C72H131NO18/c1-3-5-7-9-11-13-15-17-19-20-21-22-23-24-25-26-27-28-29-30-31-32-33-34-36-37-39-41-43-45-47-49-56(77)55(73-60(78)50-48-46-44-42-40-38-35-18-16-14-12-10-8-6-4-2)54-86-70-66(84)63(81)68(58(52-75)88-70)91-72-67(85)64(82)69(59(53-76)89-72)90-71-65(83)62(80)61(79)57(51-74)87-71/h12,14,18,35,39,41,47,49,55-59,61-72,74-77,79-85H,3-11,13,15-17,19-34,36-38,40,42-46,48,50-54H2,1-2H3,(H,73,78)/b14-12-,35-18-,41-39+,49-47+. The van der Waals surface area contributed by atoms with Crippen molar-refractivity contribution in [1.82, 2.24) is 5.32 Å². The molecule has 0 aromatic rings. The summed E-state index contributed by atoms with van der Waals surface area (Å²) in [6.07, 6.45) is 38.3. The lowest BCUT2D eigenvalue weighted by molar-refractivity contribution is -0.379. The number of hydrogen-bond donors (Lipinski definition) is 12. The van der Waals surface area contributed by atoms with Crippen molar-refractivity contribution in [2.75, 3.05) is 26.4 Å². The fourth-order valence-electron chi connectivity index (χ4n) is 12.2. The number of allylic oxidation sites excluding steroid dienone is 7. The van der Waals surface area contributed by atoms with Crippen LogP contribution in [0, 0.1) is 0 Å². The maximum Gasteiger partial charge on any atom is 0.220 e. The van der Waals surface area contributed by atoms with Crippen LogP contribution < -0.4 is 5.32 Å². The predicted octanol–water partition coefficient (Wildman–Crippen LogP) is 10.2. The summed E-state index contributed by atoms with van der Waals surface area (Å²) in [6.45, 7) is 1.69. The van der Waals surface area contributed by atoms with E-state index in [-0.39, 0.29) is 18.9 Å². The zero-order chi connectivity index (χ0) is 66.1. The van der Waals surface area contributed by atoms with E-state index < -0.39 is 124 Å². The number of ether oxygens (including phenoxy) is 6. The first-order valence-corrected chi connectivity index (χ1v) is 36.4. The summed E-state index contributed by atoms with van der Waals surface area (Å²) in [5.74, 6) is -0.298. The van der Waals surface area contributed by atoms with Gasteiger partial charge in [-0.3, -0.25) is 4.79 Å². The third-order valence-corrected chi connectivity index (χ3v) is 18.1. The second-order valence-corrected chi connectivity index (χ2v) is 26.0. The van der Waals surface area contributed by atoms with Crippen molar-refractivity contribution in [2.45, 2.75) is 375 Å². The van der Waals surface area contributed by atoms with Gasteiger partial charge in [-0.1, -0.05) is 249 Å². The molecule has 3 aliphatic rings. The molecule has 19 nitrogen and oxygen atoms in total. The van der Waals surface area contributed by atoms with Gasteiger partial charge >= 0.3 is 0 Å². The molecule has 91 heavy (non-hydrogen) atoms. The minimum Gasteiger partial charge on any atom is -0.394 e. The van der Waals surface area contributed by atoms with Gasteiger partial charge in [0.05, 0.1) is 38.6 Å². The highest BCUT2D eigenvalue weighted by Gasteiger charge is 2.53.